The van der Waals surface area contributed by atoms with E-state index in [9.17, 15) is 9.18 Å². The van der Waals surface area contributed by atoms with Gasteiger partial charge < -0.3 is 20.3 Å². The Balaban J connectivity index is 0.00000512. The summed E-state index contributed by atoms with van der Waals surface area (Å²) in [5.41, 5.74) is 1.62. The second-order valence-electron chi connectivity index (χ2n) is 8.17. The summed E-state index contributed by atoms with van der Waals surface area (Å²) in [6.45, 7) is 7.90. The Labute approximate surface area is 207 Å². The van der Waals surface area contributed by atoms with Crippen molar-refractivity contribution in [2.24, 2.45) is 4.99 Å². The van der Waals surface area contributed by atoms with E-state index in [0.29, 0.717) is 24.8 Å². The van der Waals surface area contributed by atoms with Crippen LogP contribution in [0.25, 0.3) is 0 Å². The van der Waals surface area contributed by atoms with Gasteiger partial charge in [0.1, 0.15) is 11.6 Å². The van der Waals surface area contributed by atoms with Crippen LogP contribution in [0, 0.1) is 5.82 Å². The lowest BCUT2D eigenvalue weighted by molar-refractivity contribution is -0.130. The van der Waals surface area contributed by atoms with Crippen molar-refractivity contribution in [2.75, 3.05) is 33.8 Å². The highest BCUT2D eigenvalue weighted by molar-refractivity contribution is 14.0. The number of benzene rings is 2. The summed E-state index contributed by atoms with van der Waals surface area (Å²) < 4.78 is 19.2. The second kappa shape index (κ2) is 13.2. The van der Waals surface area contributed by atoms with Gasteiger partial charge in [-0.15, -0.1) is 24.0 Å². The van der Waals surface area contributed by atoms with Crippen molar-refractivity contribution in [3.63, 3.8) is 0 Å². The molecule has 2 rings (SSSR count). The van der Waals surface area contributed by atoms with Gasteiger partial charge in [-0.2, -0.15) is 0 Å². The fourth-order valence-corrected chi connectivity index (χ4v) is 2.84. The summed E-state index contributed by atoms with van der Waals surface area (Å²) in [6, 6.07) is 14.2. The molecule has 0 saturated carbocycles. The first-order chi connectivity index (χ1) is 14.7. The lowest BCUT2D eigenvalue weighted by Crippen LogP contribution is -2.43. The van der Waals surface area contributed by atoms with Gasteiger partial charge in [-0.05, 0) is 42.3 Å². The molecule has 0 unspecified atom stereocenters. The number of ether oxygens (including phenoxy) is 1. The van der Waals surface area contributed by atoms with Gasteiger partial charge in [0.15, 0.2) is 12.6 Å². The van der Waals surface area contributed by atoms with E-state index < -0.39 is 0 Å². The Kier molecular flexibility index (Phi) is 11.5. The van der Waals surface area contributed by atoms with Crippen molar-refractivity contribution >= 4 is 35.8 Å². The van der Waals surface area contributed by atoms with E-state index in [1.807, 2.05) is 37.3 Å². The Morgan fingerprint density at radius 3 is 2.50 bits per heavy atom. The monoisotopic (exact) mass is 556 g/mol. The van der Waals surface area contributed by atoms with E-state index in [-0.39, 0.29) is 47.7 Å². The van der Waals surface area contributed by atoms with Gasteiger partial charge in [-0.3, -0.25) is 4.79 Å². The second-order valence-corrected chi connectivity index (χ2v) is 8.17. The van der Waals surface area contributed by atoms with Crippen molar-refractivity contribution in [1.82, 2.24) is 15.5 Å². The van der Waals surface area contributed by atoms with Crippen molar-refractivity contribution in [3.05, 3.63) is 65.5 Å². The third kappa shape index (κ3) is 9.02. The Morgan fingerprint density at radius 1 is 1.12 bits per heavy atom. The maximum Gasteiger partial charge on any atom is 0.259 e. The first kappa shape index (κ1) is 27.7. The first-order valence-electron chi connectivity index (χ1n) is 10.4. The average molecular weight is 556 g/mol. The van der Waals surface area contributed by atoms with Gasteiger partial charge in [0.2, 0.25) is 0 Å². The Bertz CT molecular complexity index is 903. The summed E-state index contributed by atoms with van der Waals surface area (Å²) in [5, 5.41) is 6.59. The maximum absolute atomic E-state index is 13.6. The molecule has 1 amide bonds. The Hall–Kier alpha value is -2.36. The number of carbonyl (C=O) groups is 1. The molecule has 0 fully saturated rings. The molecule has 0 radical (unpaired) electrons. The molecule has 2 aromatic carbocycles. The number of nitrogens with one attached hydrogen (secondary N) is 2. The van der Waals surface area contributed by atoms with E-state index in [0.717, 1.165) is 17.7 Å². The van der Waals surface area contributed by atoms with Gasteiger partial charge in [0.25, 0.3) is 5.91 Å². The summed E-state index contributed by atoms with van der Waals surface area (Å²) in [6.07, 6.45) is 0. The molecule has 0 aliphatic rings. The topological polar surface area (TPSA) is 66.0 Å². The molecule has 176 valence electrons. The molecule has 2 N–H and O–H groups in total. The zero-order valence-electron chi connectivity index (χ0n) is 19.4. The molecule has 32 heavy (non-hydrogen) atoms. The quantitative estimate of drug-likeness (QED) is 0.279. The molecule has 0 heterocycles. The molecule has 0 atom stereocenters. The van der Waals surface area contributed by atoms with Crippen molar-refractivity contribution in [1.29, 1.82) is 0 Å². The number of likely N-dealkylation sites (N-methyl/N-ethyl adjacent to an activating group) is 1. The van der Waals surface area contributed by atoms with E-state index >= 15 is 0 Å². The molecule has 0 aliphatic heterocycles. The van der Waals surface area contributed by atoms with Gasteiger partial charge in [0.05, 0.1) is 6.54 Å². The Morgan fingerprint density at radius 2 is 1.84 bits per heavy atom. The predicted molar refractivity (Wildman–Crippen MR) is 138 cm³/mol. The van der Waals surface area contributed by atoms with Crippen LogP contribution >= 0.6 is 24.0 Å². The van der Waals surface area contributed by atoms with Crippen LogP contribution in [0.2, 0.25) is 0 Å². The predicted octanol–water partition coefficient (Wildman–Crippen LogP) is 3.94. The van der Waals surface area contributed by atoms with Gasteiger partial charge in [-0.1, -0.05) is 38.1 Å². The lowest BCUT2D eigenvalue weighted by atomic mass is 9.84. The first-order valence-corrected chi connectivity index (χ1v) is 10.4. The van der Waals surface area contributed by atoms with Crippen LogP contribution in [0.4, 0.5) is 4.39 Å². The third-order valence-corrected chi connectivity index (χ3v) is 4.83. The number of halogens is 2. The van der Waals surface area contributed by atoms with Crippen molar-refractivity contribution < 1.29 is 13.9 Å². The molecule has 0 spiro atoms. The molecule has 0 aromatic heterocycles. The zero-order chi connectivity index (χ0) is 22.9. The summed E-state index contributed by atoms with van der Waals surface area (Å²) in [7, 11) is 3.39. The molecule has 0 bridgehead atoms. The maximum atomic E-state index is 13.6. The lowest BCUT2D eigenvalue weighted by Gasteiger charge is -2.27. The minimum absolute atomic E-state index is 0. The summed E-state index contributed by atoms with van der Waals surface area (Å²) in [4.78, 5) is 17.8. The summed E-state index contributed by atoms with van der Waals surface area (Å²) >= 11 is 0. The van der Waals surface area contributed by atoms with Crippen LogP contribution in [0.3, 0.4) is 0 Å². The molecule has 2 aromatic rings. The van der Waals surface area contributed by atoms with Crippen LogP contribution in [-0.2, 0) is 16.8 Å². The standard InChI is InChI=1S/C24H33FN4O2.HI/c1-6-26-23(28-17-24(2,3)19-10-8-11-20(25)14-19)27-15-18-9-7-12-21(13-18)31-16-22(30)29(4)5;/h7-14H,6,15-17H2,1-5H3,(H2,26,27,28);1H. The van der Waals surface area contributed by atoms with E-state index in [1.165, 1.54) is 11.0 Å². The van der Waals surface area contributed by atoms with Crippen LogP contribution in [-0.4, -0.2) is 50.6 Å². The number of rotatable bonds is 9. The fraction of sp³-hybridized carbons (Fsp3) is 0.417. The van der Waals surface area contributed by atoms with Crippen LogP contribution < -0.4 is 15.4 Å². The number of nitrogens with zero attached hydrogens (tertiary/aromatic N) is 2. The fourth-order valence-electron chi connectivity index (χ4n) is 2.84. The van der Waals surface area contributed by atoms with Gasteiger partial charge >= 0.3 is 0 Å². The van der Waals surface area contributed by atoms with Crippen LogP contribution in [0.1, 0.15) is 31.9 Å². The number of hydrogen-bond donors (Lipinski definition) is 2. The van der Waals surface area contributed by atoms with Crippen LogP contribution in [0.5, 0.6) is 5.75 Å². The highest BCUT2D eigenvalue weighted by atomic mass is 127. The van der Waals surface area contributed by atoms with Gasteiger partial charge in [-0.25, -0.2) is 9.38 Å². The van der Waals surface area contributed by atoms with E-state index in [4.69, 9.17) is 4.74 Å². The van der Waals surface area contributed by atoms with E-state index in [2.05, 4.69) is 29.5 Å². The van der Waals surface area contributed by atoms with Gasteiger partial charge in [0, 0.05) is 32.6 Å². The minimum atomic E-state index is -0.273. The number of amides is 1. The average Bonchev–Trinajstić information content (AvgIpc) is 2.74. The number of hydrogen-bond acceptors (Lipinski definition) is 3. The van der Waals surface area contributed by atoms with E-state index in [1.54, 1.807) is 26.2 Å². The van der Waals surface area contributed by atoms with Crippen molar-refractivity contribution in [2.45, 2.75) is 32.7 Å². The zero-order valence-corrected chi connectivity index (χ0v) is 21.8. The van der Waals surface area contributed by atoms with Crippen LogP contribution in [0.15, 0.2) is 53.5 Å². The SMILES string of the molecule is CCNC(=NCc1cccc(OCC(=O)N(C)C)c1)NCC(C)(C)c1cccc(F)c1.I. The molecule has 0 saturated heterocycles. The molecule has 0 aliphatic carbocycles. The minimum Gasteiger partial charge on any atom is -0.484 e. The van der Waals surface area contributed by atoms with Crippen molar-refractivity contribution in [3.8, 4) is 5.75 Å². The summed E-state index contributed by atoms with van der Waals surface area (Å²) in [5.74, 6) is 0.984. The molecular weight excluding hydrogens is 522 g/mol. The third-order valence-electron chi connectivity index (χ3n) is 4.83. The highest BCUT2D eigenvalue weighted by Crippen LogP contribution is 2.22. The molecule has 6 nitrogen and oxygen atoms in total. The highest BCUT2D eigenvalue weighted by Gasteiger charge is 2.21. The normalized spacial score (nSPS) is 11.4. The smallest absolute Gasteiger partial charge is 0.259 e. The largest absolute Gasteiger partial charge is 0.484 e. The number of guanidine groups is 1. The number of carbonyl (C=O) groups excluding carboxylic acids is 1. The number of aliphatic imine (C=N–C) groups is 1. The molecular formula is C24H34FIN4O2. The molecule has 8 heteroatoms.